The average Bonchev–Trinajstić information content (AvgIpc) is 3.45. The fourth-order valence-corrected chi connectivity index (χ4v) is 4.47. The lowest BCUT2D eigenvalue weighted by atomic mass is 10.1. The molecule has 3 saturated heterocycles. The number of rotatable bonds is 5. The van der Waals surface area contributed by atoms with Crippen LogP contribution in [0.5, 0.6) is 0 Å². The molecule has 1 aromatic rings. The SMILES string of the molecule is Cc1cccc(CN2CC[C@H]3[C@H]2CC(=O)N3CCN2CCOCC2)n1.O=C(O)C(F)(F)F.O=C(O)C(F)(F)F.O=C(O)C(F)(F)F. The van der Waals surface area contributed by atoms with Crippen LogP contribution in [0, 0.1) is 6.92 Å². The molecule has 2 atom stereocenters. The van der Waals surface area contributed by atoms with Gasteiger partial charge in [0.25, 0.3) is 0 Å². The summed E-state index contributed by atoms with van der Waals surface area (Å²) in [6.45, 7) is 9.38. The van der Waals surface area contributed by atoms with E-state index in [-0.39, 0.29) is 0 Å². The molecule has 0 bridgehead atoms. The summed E-state index contributed by atoms with van der Waals surface area (Å²) in [6.07, 6.45) is -13.5. The molecule has 3 N–H and O–H groups in total. The Labute approximate surface area is 255 Å². The van der Waals surface area contributed by atoms with E-state index < -0.39 is 36.4 Å². The number of alkyl halides is 9. The molecule has 0 radical (unpaired) electrons. The van der Waals surface area contributed by atoms with E-state index in [1.807, 2.05) is 13.0 Å². The highest BCUT2D eigenvalue weighted by Gasteiger charge is 2.46. The second-order valence-corrected chi connectivity index (χ2v) is 9.82. The summed E-state index contributed by atoms with van der Waals surface area (Å²) < 4.78 is 101. The third kappa shape index (κ3) is 14.1. The van der Waals surface area contributed by atoms with Crippen LogP contribution in [0.1, 0.15) is 24.2 Å². The van der Waals surface area contributed by atoms with Crippen LogP contribution in [0.2, 0.25) is 0 Å². The van der Waals surface area contributed by atoms with E-state index in [0.29, 0.717) is 24.4 Å². The first-order valence-corrected chi connectivity index (χ1v) is 13.2. The van der Waals surface area contributed by atoms with Gasteiger partial charge in [-0.1, -0.05) is 6.07 Å². The molecule has 0 unspecified atom stereocenters. The Balaban J connectivity index is 0.000000413. The molecule has 0 aliphatic carbocycles. The second-order valence-electron chi connectivity index (χ2n) is 9.82. The number of hydrogen-bond donors (Lipinski definition) is 3. The van der Waals surface area contributed by atoms with Crippen molar-refractivity contribution in [3.8, 4) is 0 Å². The topological polar surface area (TPSA) is 161 Å². The monoisotopic (exact) mass is 686 g/mol. The normalized spacial score (nSPS) is 20.3. The first-order chi connectivity index (χ1) is 21.0. The molecule has 262 valence electrons. The van der Waals surface area contributed by atoms with Crippen LogP contribution in [-0.2, 0) is 30.5 Å². The Bertz CT molecular complexity index is 1120. The van der Waals surface area contributed by atoms with Crippen LogP contribution < -0.4 is 0 Å². The molecule has 46 heavy (non-hydrogen) atoms. The summed E-state index contributed by atoms with van der Waals surface area (Å²) in [5.74, 6) is -7.95. The third-order valence-electron chi connectivity index (χ3n) is 6.53. The zero-order chi connectivity index (χ0) is 35.5. The number of carboxylic acid groups (broad SMARTS) is 3. The van der Waals surface area contributed by atoms with Gasteiger partial charge in [0.05, 0.1) is 18.9 Å². The number of ether oxygens (including phenoxy) is 1. The minimum absolute atomic E-state index is 0.324. The van der Waals surface area contributed by atoms with Gasteiger partial charge in [0.15, 0.2) is 0 Å². The number of halogens is 9. The summed E-state index contributed by atoms with van der Waals surface area (Å²) in [5, 5.41) is 21.4. The summed E-state index contributed by atoms with van der Waals surface area (Å²) >= 11 is 0. The number of aromatic nitrogens is 1. The van der Waals surface area contributed by atoms with Gasteiger partial charge in [-0.3, -0.25) is 19.6 Å². The number of fused-ring (bicyclic) bond motifs is 1. The van der Waals surface area contributed by atoms with Crippen molar-refractivity contribution in [3.63, 3.8) is 0 Å². The Morgan fingerprint density at radius 2 is 1.30 bits per heavy atom. The number of carboxylic acids is 3. The number of nitrogens with zero attached hydrogens (tertiary/aromatic N) is 4. The Kier molecular flexibility index (Phi) is 15.1. The maximum atomic E-state index is 12.6. The molecular weight excluding hydrogens is 655 g/mol. The highest BCUT2D eigenvalue weighted by Crippen LogP contribution is 2.33. The Hall–Kier alpha value is -3.72. The lowest BCUT2D eigenvalue weighted by molar-refractivity contribution is -0.193. The quantitative estimate of drug-likeness (QED) is 0.391. The smallest absolute Gasteiger partial charge is 0.475 e. The molecule has 3 fully saturated rings. The van der Waals surface area contributed by atoms with Gasteiger partial charge in [-0.05, 0) is 25.5 Å². The first kappa shape index (κ1) is 40.3. The zero-order valence-electron chi connectivity index (χ0n) is 24.0. The van der Waals surface area contributed by atoms with Crippen LogP contribution in [0.4, 0.5) is 39.5 Å². The van der Waals surface area contributed by atoms with Crippen LogP contribution in [0.15, 0.2) is 18.2 Å². The van der Waals surface area contributed by atoms with Gasteiger partial charge in [0.1, 0.15) is 0 Å². The standard InChI is InChI=1S/C19H28N4O2.3C2HF3O2/c1-15-3-2-4-16(20-15)14-22-6-5-17-18(22)13-19(24)23(17)8-7-21-9-11-25-12-10-21;3*3-2(4,5)1(6)7/h2-4,17-18H,5-14H2,1H3;3*(H,6,7)/t17-,18+;;;/m0.../s1. The van der Waals surface area contributed by atoms with E-state index in [4.69, 9.17) is 34.4 Å². The predicted octanol–water partition coefficient (Wildman–Crippen LogP) is 2.80. The summed E-state index contributed by atoms with van der Waals surface area (Å²) in [6, 6.07) is 6.94. The number of carbonyl (C=O) groups is 4. The highest BCUT2D eigenvalue weighted by molar-refractivity contribution is 5.80. The van der Waals surface area contributed by atoms with Crippen molar-refractivity contribution < 1.29 is 78.7 Å². The molecule has 1 aromatic heterocycles. The number of aryl methyl sites for hydroxylation is 1. The van der Waals surface area contributed by atoms with Gasteiger partial charge in [-0.25, -0.2) is 14.4 Å². The molecular formula is C25H31F9N4O8. The van der Waals surface area contributed by atoms with Crippen molar-refractivity contribution in [2.24, 2.45) is 0 Å². The van der Waals surface area contributed by atoms with Crippen molar-refractivity contribution >= 4 is 23.8 Å². The maximum Gasteiger partial charge on any atom is 0.490 e. The molecule has 3 aliphatic rings. The molecule has 12 nitrogen and oxygen atoms in total. The summed E-state index contributed by atoms with van der Waals surface area (Å²) in [4.78, 5) is 50.9. The molecule has 4 heterocycles. The van der Waals surface area contributed by atoms with Gasteiger partial charge in [-0.15, -0.1) is 0 Å². The minimum Gasteiger partial charge on any atom is -0.475 e. The van der Waals surface area contributed by atoms with Crippen LogP contribution >= 0.6 is 0 Å². The number of hydrogen-bond acceptors (Lipinski definition) is 8. The van der Waals surface area contributed by atoms with E-state index in [9.17, 15) is 44.3 Å². The third-order valence-corrected chi connectivity index (χ3v) is 6.53. The fourth-order valence-electron chi connectivity index (χ4n) is 4.47. The van der Waals surface area contributed by atoms with Gasteiger partial charge in [-0.2, -0.15) is 39.5 Å². The Morgan fingerprint density at radius 3 is 1.74 bits per heavy atom. The molecule has 0 saturated carbocycles. The zero-order valence-corrected chi connectivity index (χ0v) is 24.0. The number of amides is 1. The predicted molar refractivity (Wildman–Crippen MR) is 136 cm³/mol. The van der Waals surface area contributed by atoms with Gasteiger partial charge >= 0.3 is 36.4 Å². The molecule has 0 spiro atoms. The average molecular weight is 687 g/mol. The van der Waals surface area contributed by atoms with Crippen LogP contribution in [0.3, 0.4) is 0 Å². The van der Waals surface area contributed by atoms with Crippen molar-refractivity contribution in [2.45, 2.75) is 56.9 Å². The van der Waals surface area contributed by atoms with Crippen molar-refractivity contribution in [1.82, 2.24) is 19.7 Å². The molecule has 4 rings (SSSR count). The lowest BCUT2D eigenvalue weighted by Crippen LogP contribution is -2.44. The van der Waals surface area contributed by atoms with Crippen molar-refractivity contribution in [3.05, 3.63) is 29.6 Å². The summed E-state index contributed by atoms with van der Waals surface area (Å²) in [7, 11) is 0. The van der Waals surface area contributed by atoms with E-state index in [0.717, 1.165) is 70.3 Å². The molecule has 3 aliphatic heterocycles. The summed E-state index contributed by atoms with van der Waals surface area (Å²) in [5.41, 5.74) is 2.17. The number of carbonyl (C=O) groups excluding carboxylic acids is 1. The minimum atomic E-state index is -5.08. The number of likely N-dealkylation sites (tertiary alicyclic amines) is 2. The maximum absolute atomic E-state index is 12.6. The lowest BCUT2D eigenvalue weighted by Gasteiger charge is -2.30. The fraction of sp³-hybridized carbons (Fsp3) is 0.640. The number of morpholine rings is 1. The van der Waals surface area contributed by atoms with Gasteiger partial charge < -0.3 is 25.0 Å². The van der Waals surface area contributed by atoms with Crippen LogP contribution in [-0.4, -0.2) is 135 Å². The molecule has 1 amide bonds. The van der Waals surface area contributed by atoms with E-state index in [2.05, 4.69) is 31.8 Å². The molecule has 21 heteroatoms. The van der Waals surface area contributed by atoms with Crippen molar-refractivity contribution in [2.75, 3.05) is 45.9 Å². The van der Waals surface area contributed by atoms with E-state index in [1.165, 1.54) is 0 Å². The Morgan fingerprint density at radius 1 is 0.826 bits per heavy atom. The van der Waals surface area contributed by atoms with E-state index in [1.54, 1.807) is 0 Å². The number of pyridine rings is 1. The number of aliphatic carboxylic acids is 3. The van der Waals surface area contributed by atoms with E-state index >= 15 is 0 Å². The molecule has 0 aromatic carbocycles. The largest absolute Gasteiger partial charge is 0.490 e. The van der Waals surface area contributed by atoms with Gasteiger partial charge in [0, 0.05) is 63.5 Å². The van der Waals surface area contributed by atoms with Crippen molar-refractivity contribution in [1.29, 1.82) is 0 Å². The first-order valence-electron chi connectivity index (χ1n) is 13.2. The second kappa shape index (κ2) is 17.3. The van der Waals surface area contributed by atoms with Gasteiger partial charge in [0.2, 0.25) is 5.91 Å². The highest BCUT2D eigenvalue weighted by atomic mass is 19.4. The van der Waals surface area contributed by atoms with Crippen LogP contribution in [0.25, 0.3) is 0 Å².